The molecule has 0 saturated heterocycles. The van der Waals surface area contributed by atoms with Crippen LogP contribution in [0.15, 0.2) is 10.9 Å². The fourth-order valence-electron chi connectivity index (χ4n) is 0.956. The molecule has 0 aliphatic carbocycles. The molecule has 1 heterocycles. The zero-order valence-electron chi connectivity index (χ0n) is 7.37. The first kappa shape index (κ1) is 8.93. The predicted molar refractivity (Wildman–Crippen MR) is 47.0 cm³/mol. The van der Waals surface area contributed by atoms with Crippen molar-refractivity contribution in [1.29, 1.82) is 0 Å². The Morgan fingerprint density at radius 1 is 1.58 bits per heavy atom. The molecule has 0 aliphatic heterocycles. The molecule has 0 fully saturated rings. The van der Waals surface area contributed by atoms with Crippen LogP contribution in [0.1, 0.15) is 11.3 Å². The molecule has 4 nitrogen and oxygen atoms in total. The van der Waals surface area contributed by atoms with E-state index in [1.54, 1.807) is 6.07 Å². The van der Waals surface area contributed by atoms with Gasteiger partial charge in [0.2, 0.25) is 0 Å². The molecule has 0 aromatic carbocycles. The molecule has 66 valence electrons. The summed E-state index contributed by atoms with van der Waals surface area (Å²) in [5, 5.41) is 4.09. The summed E-state index contributed by atoms with van der Waals surface area (Å²) in [7, 11) is 0. The maximum absolute atomic E-state index is 11.2. The molecular formula is C8H13N3O. The van der Waals surface area contributed by atoms with Gasteiger partial charge in [0, 0.05) is 12.6 Å². The Morgan fingerprint density at radius 2 is 2.25 bits per heavy atom. The number of aryl methyl sites for hydroxylation is 2. The van der Waals surface area contributed by atoms with E-state index in [0.29, 0.717) is 13.1 Å². The smallest absolute Gasteiger partial charge is 0.267 e. The summed E-state index contributed by atoms with van der Waals surface area (Å²) >= 11 is 0. The number of hydrogen-bond acceptors (Lipinski definition) is 3. The van der Waals surface area contributed by atoms with Gasteiger partial charge in [-0.25, -0.2) is 4.68 Å². The van der Waals surface area contributed by atoms with E-state index in [9.17, 15) is 4.79 Å². The first-order valence-electron chi connectivity index (χ1n) is 3.90. The van der Waals surface area contributed by atoms with Gasteiger partial charge >= 0.3 is 0 Å². The number of hydrogen-bond donors (Lipinski definition) is 1. The van der Waals surface area contributed by atoms with Gasteiger partial charge in [-0.15, -0.1) is 0 Å². The fraction of sp³-hybridized carbons (Fsp3) is 0.500. The summed E-state index contributed by atoms with van der Waals surface area (Å²) in [6.45, 7) is 4.67. The second-order valence-electron chi connectivity index (χ2n) is 2.76. The molecule has 0 radical (unpaired) electrons. The standard InChI is InChI=1S/C8H13N3O/c1-6-5-8(12)11(4-3-9)10-7(6)2/h5H,3-4,9H2,1-2H3. The molecule has 0 unspecified atom stereocenters. The minimum Gasteiger partial charge on any atom is -0.329 e. The van der Waals surface area contributed by atoms with E-state index in [1.165, 1.54) is 4.68 Å². The molecule has 1 rings (SSSR count). The number of aromatic nitrogens is 2. The molecule has 0 saturated carbocycles. The Hall–Kier alpha value is -1.16. The maximum Gasteiger partial charge on any atom is 0.267 e. The van der Waals surface area contributed by atoms with Crippen LogP contribution in [0.5, 0.6) is 0 Å². The van der Waals surface area contributed by atoms with Crippen molar-refractivity contribution < 1.29 is 0 Å². The molecule has 1 aromatic rings. The van der Waals surface area contributed by atoms with E-state index in [1.807, 2.05) is 13.8 Å². The van der Waals surface area contributed by atoms with Gasteiger partial charge in [0.15, 0.2) is 0 Å². The highest BCUT2D eigenvalue weighted by Gasteiger charge is 1.99. The first-order chi connectivity index (χ1) is 5.65. The van der Waals surface area contributed by atoms with Crippen LogP contribution in [-0.4, -0.2) is 16.3 Å². The van der Waals surface area contributed by atoms with Gasteiger partial charge in [0.25, 0.3) is 5.56 Å². The van der Waals surface area contributed by atoms with Crippen molar-refractivity contribution in [1.82, 2.24) is 9.78 Å². The highest BCUT2D eigenvalue weighted by atomic mass is 16.1. The summed E-state index contributed by atoms with van der Waals surface area (Å²) in [5.74, 6) is 0. The largest absolute Gasteiger partial charge is 0.329 e. The molecule has 0 bridgehead atoms. The van der Waals surface area contributed by atoms with Crippen LogP contribution >= 0.6 is 0 Å². The quantitative estimate of drug-likeness (QED) is 0.664. The Bertz CT molecular complexity index is 330. The lowest BCUT2D eigenvalue weighted by atomic mass is 10.2. The molecule has 2 N–H and O–H groups in total. The second-order valence-corrected chi connectivity index (χ2v) is 2.76. The van der Waals surface area contributed by atoms with Crippen LogP contribution in [0, 0.1) is 13.8 Å². The second kappa shape index (κ2) is 3.49. The summed E-state index contributed by atoms with van der Waals surface area (Å²) < 4.78 is 1.39. The van der Waals surface area contributed by atoms with E-state index in [4.69, 9.17) is 5.73 Å². The number of rotatable bonds is 2. The van der Waals surface area contributed by atoms with Gasteiger partial charge in [-0.05, 0) is 19.4 Å². The topological polar surface area (TPSA) is 60.9 Å². The van der Waals surface area contributed by atoms with Crippen molar-refractivity contribution >= 4 is 0 Å². The van der Waals surface area contributed by atoms with Gasteiger partial charge in [-0.3, -0.25) is 4.79 Å². The maximum atomic E-state index is 11.2. The molecule has 4 heteroatoms. The normalized spacial score (nSPS) is 10.2. The van der Waals surface area contributed by atoms with Crippen LogP contribution < -0.4 is 11.3 Å². The van der Waals surface area contributed by atoms with Crippen molar-refractivity contribution in [3.05, 3.63) is 27.7 Å². The minimum atomic E-state index is -0.0800. The third-order valence-corrected chi connectivity index (χ3v) is 1.78. The third-order valence-electron chi connectivity index (χ3n) is 1.78. The summed E-state index contributed by atoms with van der Waals surface area (Å²) in [6.07, 6.45) is 0. The van der Waals surface area contributed by atoms with Crippen molar-refractivity contribution in [3.8, 4) is 0 Å². The number of nitrogens with zero attached hydrogens (tertiary/aromatic N) is 2. The van der Waals surface area contributed by atoms with Crippen LogP contribution in [0.3, 0.4) is 0 Å². The average Bonchev–Trinajstić information content (AvgIpc) is 2.01. The molecule has 0 atom stereocenters. The van der Waals surface area contributed by atoms with Gasteiger partial charge in [0.05, 0.1) is 12.2 Å². The van der Waals surface area contributed by atoms with Crippen molar-refractivity contribution in [2.24, 2.45) is 5.73 Å². The minimum absolute atomic E-state index is 0.0800. The average molecular weight is 167 g/mol. The van der Waals surface area contributed by atoms with E-state index in [2.05, 4.69) is 5.10 Å². The van der Waals surface area contributed by atoms with Crippen LogP contribution in [0.2, 0.25) is 0 Å². The zero-order valence-corrected chi connectivity index (χ0v) is 7.37. The lowest BCUT2D eigenvalue weighted by molar-refractivity contribution is 0.577. The van der Waals surface area contributed by atoms with Gasteiger partial charge < -0.3 is 5.73 Å². The Kier molecular flexibility index (Phi) is 2.60. The predicted octanol–water partition coefficient (Wildman–Crippen LogP) is -0.181. The molecule has 0 amide bonds. The van der Waals surface area contributed by atoms with E-state index in [-0.39, 0.29) is 5.56 Å². The number of nitrogens with two attached hydrogens (primary N) is 1. The van der Waals surface area contributed by atoms with E-state index >= 15 is 0 Å². The fourth-order valence-corrected chi connectivity index (χ4v) is 0.956. The van der Waals surface area contributed by atoms with E-state index < -0.39 is 0 Å². The molecule has 0 spiro atoms. The Labute approximate surface area is 71.0 Å². The van der Waals surface area contributed by atoms with Gasteiger partial charge in [-0.2, -0.15) is 5.10 Å². The first-order valence-corrected chi connectivity index (χ1v) is 3.90. The Balaban J connectivity index is 3.14. The van der Waals surface area contributed by atoms with Crippen LogP contribution in [-0.2, 0) is 6.54 Å². The highest BCUT2D eigenvalue weighted by molar-refractivity contribution is 5.13. The van der Waals surface area contributed by atoms with Gasteiger partial charge in [-0.1, -0.05) is 0 Å². The van der Waals surface area contributed by atoms with Crippen LogP contribution in [0.25, 0.3) is 0 Å². The van der Waals surface area contributed by atoms with Crippen molar-refractivity contribution in [2.75, 3.05) is 6.54 Å². The summed E-state index contributed by atoms with van der Waals surface area (Å²) in [6, 6.07) is 1.58. The highest BCUT2D eigenvalue weighted by Crippen LogP contribution is 1.96. The third kappa shape index (κ3) is 1.71. The van der Waals surface area contributed by atoms with Crippen LogP contribution in [0.4, 0.5) is 0 Å². The summed E-state index contributed by atoms with van der Waals surface area (Å²) in [4.78, 5) is 11.2. The van der Waals surface area contributed by atoms with E-state index in [0.717, 1.165) is 11.3 Å². The monoisotopic (exact) mass is 167 g/mol. The lowest BCUT2D eigenvalue weighted by Gasteiger charge is -2.04. The molecular weight excluding hydrogens is 154 g/mol. The lowest BCUT2D eigenvalue weighted by Crippen LogP contribution is -2.26. The molecule has 1 aromatic heterocycles. The van der Waals surface area contributed by atoms with Crippen molar-refractivity contribution in [3.63, 3.8) is 0 Å². The zero-order chi connectivity index (χ0) is 9.14. The SMILES string of the molecule is Cc1cc(=O)n(CCN)nc1C. The molecule has 0 aliphatic rings. The van der Waals surface area contributed by atoms with Crippen molar-refractivity contribution in [2.45, 2.75) is 20.4 Å². The van der Waals surface area contributed by atoms with Gasteiger partial charge in [0.1, 0.15) is 0 Å². The Morgan fingerprint density at radius 3 is 2.83 bits per heavy atom. The summed E-state index contributed by atoms with van der Waals surface area (Å²) in [5.41, 5.74) is 7.04. The molecule has 12 heavy (non-hydrogen) atoms.